The lowest BCUT2D eigenvalue weighted by molar-refractivity contribution is -0.213. The summed E-state index contributed by atoms with van der Waals surface area (Å²) in [6.45, 7) is 3.50. The number of hydrogen-bond acceptors (Lipinski definition) is 5. The van der Waals surface area contributed by atoms with Crippen LogP contribution in [0.4, 0.5) is 0 Å². The highest BCUT2D eigenvalue weighted by atomic mass is 16.6. The van der Waals surface area contributed by atoms with E-state index in [0.29, 0.717) is 26.4 Å². The van der Waals surface area contributed by atoms with Gasteiger partial charge in [0.2, 0.25) is 0 Å². The largest absolute Gasteiger partial charge is 0.458 e. The Morgan fingerprint density at radius 2 is 1.18 bits per heavy atom. The summed E-state index contributed by atoms with van der Waals surface area (Å²) in [5.74, 6) is -0.502. The van der Waals surface area contributed by atoms with Crippen molar-refractivity contribution in [2.75, 3.05) is 6.61 Å². The topological polar surface area (TPSA) is 54.0 Å². The number of ether oxygens (including phenoxy) is 4. The monoisotopic (exact) mass is 446 g/mol. The number of carbonyl (C=O) groups is 1. The smallest absolute Gasteiger partial charge is 0.338 e. The van der Waals surface area contributed by atoms with E-state index in [2.05, 4.69) is 0 Å². The van der Waals surface area contributed by atoms with Crippen LogP contribution in [-0.2, 0) is 43.6 Å². The van der Waals surface area contributed by atoms with E-state index in [4.69, 9.17) is 18.9 Å². The highest BCUT2D eigenvalue weighted by Crippen LogP contribution is 2.29. The van der Waals surface area contributed by atoms with Crippen molar-refractivity contribution in [3.05, 3.63) is 108 Å². The van der Waals surface area contributed by atoms with Crippen LogP contribution in [0.2, 0.25) is 0 Å². The van der Waals surface area contributed by atoms with Crippen molar-refractivity contribution in [3.8, 4) is 0 Å². The molecule has 5 heteroatoms. The number of benzene rings is 3. The second-order valence-electron chi connectivity index (χ2n) is 8.31. The third-order valence-electron chi connectivity index (χ3n) is 5.85. The van der Waals surface area contributed by atoms with Gasteiger partial charge >= 0.3 is 5.97 Å². The predicted octanol–water partition coefficient (Wildman–Crippen LogP) is 4.94. The molecule has 4 atom stereocenters. The lowest BCUT2D eigenvalue weighted by Gasteiger charge is -2.39. The molecule has 3 aromatic rings. The Morgan fingerprint density at radius 1 is 0.697 bits per heavy atom. The highest BCUT2D eigenvalue weighted by Gasteiger charge is 2.45. The number of hydrogen-bond donors (Lipinski definition) is 0. The fraction of sp³-hybridized carbons (Fsp3) is 0.321. The Morgan fingerprint density at radius 3 is 1.73 bits per heavy atom. The van der Waals surface area contributed by atoms with Crippen LogP contribution in [0.3, 0.4) is 0 Å². The van der Waals surface area contributed by atoms with E-state index >= 15 is 0 Å². The van der Waals surface area contributed by atoms with Crippen LogP contribution in [0.15, 0.2) is 91.0 Å². The minimum Gasteiger partial charge on any atom is -0.458 e. The van der Waals surface area contributed by atoms with Gasteiger partial charge in [0.1, 0.15) is 12.2 Å². The lowest BCUT2D eigenvalue weighted by atomic mass is 9.91. The normalized spacial score (nSPS) is 22.6. The molecule has 0 aliphatic carbocycles. The van der Waals surface area contributed by atoms with Gasteiger partial charge in [-0.05, 0) is 16.7 Å². The molecule has 0 N–H and O–H groups in total. The average Bonchev–Trinajstić information content (AvgIpc) is 2.86. The van der Waals surface area contributed by atoms with Crippen LogP contribution in [0.25, 0.3) is 0 Å². The first-order valence-electron chi connectivity index (χ1n) is 11.3. The summed E-state index contributed by atoms with van der Waals surface area (Å²) in [6, 6.07) is 29.7. The molecular weight excluding hydrogens is 416 g/mol. The second-order valence-corrected chi connectivity index (χ2v) is 8.31. The van der Waals surface area contributed by atoms with Gasteiger partial charge in [0.25, 0.3) is 0 Å². The Kier molecular flexibility index (Phi) is 8.25. The van der Waals surface area contributed by atoms with Gasteiger partial charge < -0.3 is 18.9 Å². The van der Waals surface area contributed by atoms with Gasteiger partial charge in [-0.25, -0.2) is 4.79 Å². The van der Waals surface area contributed by atoms with Crippen LogP contribution in [-0.4, -0.2) is 30.9 Å². The number of cyclic esters (lactones) is 1. The molecule has 1 saturated heterocycles. The summed E-state index contributed by atoms with van der Waals surface area (Å²) in [7, 11) is 0. The highest BCUT2D eigenvalue weighted by molar-refractivity contribution is 5.76. The third-order valence-corrected chi connectivity index (χ3v) is 5.85. The fourth-order valence-electron chi connectivity index (χ4n) is 3.93. The standard InChI is InChI=1S/C28H30O5/c1-21-25(20-30-17-22-11-5-2-6-12-22)33-28(29)27(32-19-24-15-9-4-10-16-24)26(21)31-18-23-13-7-3-8-14-23/h2-16,21,25-27H,17-20H2,1H3/t21-,25-,26+,27-/m1/s1. The van der Waals surface area contributed by atoms with Gasteiger partial charge in [0.05, 0.1) is 26.4 Å². The molecule has 0 spiro atoms. The Labute approximate surface area is 195 Å². The maximum absolute atomic E-state index is 12.9. The van der Waals surface area contributed by atoms with Gasteiger partial charge in [-0.2, -0.15) is 0 Å². The van der Waals surface area contributed by atoms with Crippen LogP contribution < -0.4 is 0 Å². The molecule has 4 rings (SSSR count). The minimum absolute atomic E-state index is 0.0945. The van der Waals surface area contributed by atoms with Crippen molar-refractivity contribution < 1.29 is 23.7 Å². The van der Waals surface area contributed by atoms with E-state index in [9.17, 15) is 4.79 Å². The number of rotatable bonds is 10. The van der Waals surface area contributed by atoms with E-state index in [1.807, 2.05) is 97.9 Å². The first-order chi connectivity index (χ1) is 16.2. The molecule has 1 fully saturated rings. The van der Waals surface area contributed by atoms with Gasteiger partial charge in [-0.1, -0.05) is 97.9 Å². The van der Waals surface area contributed by atoms with Crippen LogP contribution in [0.1, 0.15) is 23.6 Å². The molecule has 0 radical (unpaired) electrons. The molecule has 0 bridgehead atoms. The van der Waals surface area contributed by atoms with Crippen molar-refractivity contribution in [1.82, 2.24) is 0 Å². The first kappa shape index (κ1) is 23.2. The average molecular weight is 447 g/mol. The summed E-state index contributed by atoms with van der Waals surface area (Å²) < 4.78 is 23.9. The van der Waals surface area contributed by atoms with Crippen molar-refractivity contribution in [2.45, 2.75) is 45.1 Å². The SMILES string of the molecule is C[C@H]1[C@H](OCc2ccccc2)[C@@H](OCc2ccccc2)C(=O)O[C@@H]1COCc1ccccc1. The lowest BCUT2D eigenvalue weighted by Crippen LogP contribution is -2.54. The predicted molar refractivity (Wildman–Crippen MR) is 125 cm³/mol. The molecule has 3 aromatic carbocycles. The van der Waals surface area contributed by atoms with Crippen molar-refractivity contribution in [2.24, 2.45) is 5.92 Å². The summed E-state index contributed by atoms with van der Waals surface area (Å²) in [5.41, 5.74) is 3.11. The Balaban J connectivity index is 1.42. The third kappa shape index (κ3) is 6.51. The summed E-state index contributed by atoms with van der Waals surface area (Å²) in [6.07, 6.45) is -1.65. The van der Waals surface area contributed by atoms with Gasteiger partial charge in [0.15, 0.2) is 6.10 Å². The van der Waals surface area contributed by atoms with E-state index in [0.717, 1.165) is 16.7 Å². The quantitative estimate of drug-likeness (QED) is 0.413. The van der Waals surface area contributed by atoms with Gasteiger partial charge in [-0.15, -0.1) is 0 Å². The van der Waals surface area contributed by atoms with Gasteiger partial charge in [-0.3, -0.25) is 0 Å². The molecule has 0 unspecified atom stereocenters. The van der Waals surface area contributed by atoms with E-state index in [1.54, 1.807) is 0 Å². The van der Waals surface area contributed by atoms with Crippen LogP contribution in [0.5, 0.6) is 0 Å². The second kappa shape index (κ2) is 11.8. The minimum atomic E-state index is -0.797. The number of esters is 1. The molecule has 33 heavy (non-hydrogen) atoms. The zero-order chi connectivity index (χ0) is 22.9. The zero-order valence-corrected chi connectivity index (χ0v) is 18.8. The maximum atomic E-state index is 12.9. The summed E-state index contributed by atoms with van der Waals surface area (Å²) >= 11 is 0. The van der Waals surface area contributed by atoms with Crippen molar-refractivity contribution >= 4 is 5.97 Å². The van der Waals surface area contributed by atoms with E-state index in [1.165, 1.54) is 0 Å². The first-order valence-corrected chi connectivity index (χ1v) is 11.3. The van der Waals surface area contributed by atoms with Gasteiger partial charge in [0, 0.05) is 5.92 Å². The van der Waals surface area contributed by atoms with Crippen molar-refractivity contribution in [3.63, 3.8) is 0 Å². The van der Waals surface area contributed by atoms with E-state index in [-0.39, 0.29) is 5.92 Å². The summed E-state index contributed by atoms with van der Waals surface area (Å²) in [4.78, 5) is 12.9. The molecule has 0 saturated carbocycles. The van der Waals surface area contributed by atoms with E-state index < -0.39 is 24.3 Å². The Hall–Kier alpha value is -2.99. The molecule has 5 nitrogen and oxygen atoms in total. The van der Waals surface area contributed by atoms with Crippen LogP contribution >= 0.6 is 0 Å². The molecule has 0 aromatic heterocycles. The molecule has 1 heterocycles. The van der Waals surface area contributed by atoms with Crippen molar-refractivity contribution in [1.29, 1.82) is 0 Å². The molecular formula is C28H30O5. The summed E-state index contributed by atoms with van der Waals surface area (Å²) in [5, 5.41) is 0. The zero-order valence-electron chi connectivity index (χ0n) is 18.8. The molecule has 0 amide bonds. The fourth-order valence-corrected chi connectivity index (χ4v) is 3.93. The Bertz CT molecular complexity index is 977. The van der Waals surface area contributed by atoms with Crippen LogP contribution in [0, 0.1) is 5.92 Å². The molecule has 1 aliphatic heterocycles. The molecule has 172 valence electrons. The molecule has 1 aliphatic rings. The maximum Gasteiger partial charge on any atom is 0.338 e. The number of carbonyl (C=O) groups excluding carboxylic acids is 1.